The number of ether oxygens (including phenoxy) is 1. The van der Waals surface area contributed by atoms with Crippen molar-refractivity contribution in [3.8, 4) is 0 Å². The predicted molar refractivity (Wildman–Crippen MR) is 117 cm³/mol. The van der Waals surface area contributed by atoms with Gasteiger partial charge in [0.2, 0.25) is 0 Å². The Hall–Kier alpha value is -2.70. The van der Waals surface area contributed by atoms with Crippen LogP contribution in [0, 0.1) is 0 Å². The standard InChI is InChI=1S/C24H30N2O4/c1-3-24(25,16-18-4-6-19(7-5-18)17(2)23(28)29)22(27)20-8-10-21(11-9-20)26-12-14-30-15-13-26/h4-11,17H,3,12-16,25H2,1-2H3,(H,28,29). The lowest BCUT2D eigenvalue weighted by Gasteiger charge is -2.30. The third-order valence-corrected chi connectivity index (χ3v) is 5.96. The molecule has 0 saturated carbocycles. The summed E-state index contributed by atoms with van der Waals surface area (Å²) in [6, 6.07) is 15.0. The summed E-state index contributed by atoms with van der Waals surface area (Å²) < 4.78 is 5.39. The number of Topliss-reactive ketones (excluding diaryl/α,β-unsaturated/α-hetero) is 1. The van der Waals surface area contributed by atoms with Crippen molar-refractivity contribution in [2.24, 2.45) is 5.73 Å². The van der Waals surface area contributed by atoms with Crippen LogP contribution < -0.4 is 10.6 Å². The number of carbonyl (C=O) groups is 2. The van der Waals surface area contributed by atoms with Crippen LogP contribution in [-0.2, 0) is 16.0 Å². The highest BCUT2D eigenvalue weighted by Crippen LogP contribution is 2.24. The summed E-state index contributed by atoms with van der Waals surface area (Å²) in [5, 5.41) is 9.16. The molecular weight excluding hydrogens is 380 g/mol. The van der Waals surface area contributed by atoms with Gasteiger partial charge >= 0.3 is 5.97 Å². The molecule has 2 aromatic rings. The van der Waals surface area contributed by atoms with E-state index in [0.29, 0.717) is 31.6 Å². The number of carboxylic acid groups (broad SMARTS) is 1. The number of carboxylic acids is 1. The van der Waals surface area contributed by atoms with E-state index in [2.05, 4.69) is 4.90 Å². The van der Waals surface area contributed by atoms with Gasteiger partial charge in [-0.2, -0.15) is 0 Å². The van der Waals surface area contributed by atoms with Gasteiger partial charge in [0.15, 0.2) is 5.78 Å². The first-order valence-corrected chi connectivity index (χ1v) is 10.4. The average molecular weight is 411 g/mol. The van der Waals surface area contributed by atoms with Gasteiger partial charge in [0.1, 0.15) is 0 Å². The molecule has 1 aliphatic heterocycles. The third-order valence-electron chi connectivity index (χ3n) is 5.96. The van der Waals surface area contributed by atoms with Crippen molar-refractivity contribution >= 4 is 17.4 Å². The van der Waals surface area contributed by atoms with Crippen LogP contribution >= 0.6 is 0 Å². The number of benzene rings is 2. The normalized spacial score (nSPS) is 17.2. The SMILES string of the molecule is CCC(N)(Cc1ccc(C(C)C(=O)O)cc1)C(=O)c1ccc(N2CCOCC2)cc1. The van der Waals surface area contributed by atoms with Gasteiger partial charge in [-0.3, -0.25) is 9.59 Å². The van der Waals surface area contributed by atoms with Crippen LogP contribution in [0.1, 0.15) is 47.7 Å². The van der Waals surface area contributed by atoms with E-state index in [1.165, 1.54) is 0 Å². The van der Waals surface area contributed by atoms with Gasteiger partial charge in [-0.05, 0) is 55.2 Å². The van der Waals surface area contributed by atoms with Crippen molar-refractivity contribution < 1.29 is 19.4 Å². The zero-order chi connectivity index (χ0) is 21.7. The summed E-state index contributed by atoms with van der Waals surface area (Å²) in [7, 11) is 0. The predicted octanol–water partition coefficient (Wildman–Crippen LogP) is 3.24. The second-order valence-electron chi connectivity index (χ2n) is 7.96. The Labute approximate surface area is 177 Å². The van der Waals surface area contributed by atoms with Crippen LogP contribution in [0.5, 0.6) is 0 Å². The van der Waals surface area contributed by atoms with Gasteiger partial charge in [0.25, 0.3) is 0 Å². The molecule has 6 nitrogen and oxygen atoms in total. The quantitative estimate of drug-likeness (QED) is 0.649. The minimum atomic E-state index is -1.01. The molecule has 0 radical (unpaired) electrons. The van der Waals surface area contributed by atoms with Gasteiger partial charge in [-0.15, -0.1) is 0 Å². The number of carbonyl (C=O) groups excluding carboxylic acids is 1. The molecule has 0 amide bonds. The zero-order valence-corrected chi connectivity index (χ0v) is 17.6. The summed E-state index contributed by atoms with van der Waals surface area (Å²) in [6.07, 6.45) is 0.902. The fraction of sp³-hybridized carbons (Fsp3) is 0.417. The van der Waals surface area contributed by atoms with Crippen LogP contribution in [0.25, 0.3) is 0 Å². The molecule has 30 heavy (non-hydrogen) atoms. The van der Waals surface area contributed by atoms with E-state index in [1.54, 1.807) is 19.1 Å². The van der Waals surface area contributed by atoms with Crippen molar-refractivity contribution in [3.05, 3.63) is 65.2 Å². The van der Waals surface area contributed by atoms with Crippen LogP contribution in [0.15, 0.2) is 48.5 Å². The largest absolute Gasteiger partial charge is 0.481 e. The first kappa shape index (κ1) is 22.0. The second-order valence-corrected chi connectivity index (χ2v) is 7.96. The average Bonchev–Trinajstić information content (AvgIpc) is 2.79. The van der Waals surface area contributed by atoms with E-state index < -0.39 is 17.4 Å². The lowest BCUT2D eigenvalue weighted by Crippen LogP contribution is -2.49. The maximum atomic E-state index is 13.2. The Bertz CT molecular complexity index is 873. The monoisotopic (exact) mass is 410 g/mol. The molecule has 2 unspecified atom stereocenters. The molecule has 6 heteroatoms. The molecule has 1 saturated heterocycles. The Morgan fingerprint density at radius 1 is 1.10 bits per heavy atom. The fourth-order valence-corrected chi connectivity index (χ4v) is 3.73. The summed E-state index contributed by atoms with van der Waals surface area (Å²) in [5.41, 5.74) is 8.88. The molecule has 2 atom stereocenters. The Morgan fingerprint density at radius 2 is 1.70 bits per heavy atom. The molecule has 0 aromatic heterocycles. The Morgan fingerprint density at radius 3 is 2.23 bits per heavy atom. The molecule has 0 spiro atoms. The molecule has 0 bridgehead atoms. The van der Waals surface area contributed by atoms with Gasteiger partial charge in [-0.1, -0.05) is 31.2 Å². The van der Waals surface area contributed by atoms with Gasteiger partial charge in [0.05, 0.1) is 24.7 Å². The maximum Gasteiger partial charge on any atom is 0.310 e. The highest BCUT2D eigenvalue weighted by Gasteiger charge is 2.33. The van der Waals surface area contributed by atoms with Crippen molar-refractivity contribution in [1.82, 2.24) is 0 Å². The van der Waals surface area contributed by atoms with Crippen molar-refractivity contribution in [2.75, 3.05) is 31.2 Å². The number of anilines is 1. The minimum absolute atomic E-state index is 0.0819. The molecule has 0 aliphatic carbocycles. The molecule has 2 aromatic carbocycles. The molecule has 1 fully saturated rings. The van der Waals surface area contributed by atoms with Crippen LogP contribution in [0.4, 0.5) is 5.69 Å². The van der Waals surface area contributed by atoms with Crippen molar-refractivity contribution in [2.45, 2.75) is 38.1 Å². The number of ketones is 1. The molecule has 3 N–H and O–H groups in total. The van der Waals surface area contributed by atoms with E-state index in [1.807, 2.05) is 43.3 Å². The van der Waals surface area contributed by atoms with E-state index in [-0.39, 0.29) is 5.78 Å². The Balaban J connectivity index is 1.73. The first-order chi connectivity index (χ1) is 14.3. The van der Waals surface area contributed by atoms with Crippen molar-refractivity contribution in [3.63, 3.8) is 0 Å². The fourth-order valence-electron chi connectivity index (χ4n) is 3.73. The van der Waals surface area contributed by atoms with E-state index in [0.717, 1.165) is 29.9 Å². The molecule has 1 heterocycles. The first-order valence-electron chi connectivity index (χ1n) is 10.4. The molecule has 160 valence electrons. The summed E-state index contributed by atoms with van der Waals surface area (Å²) in [6.45, 7) is 6.69. The summed E-state index contributed by atoms with van der Waals surface area (Å²) in [5.74, 6) is -1.51. The number of hydrogen-bond donors (Lipinski definition) is 2. The Kier molecular flexibility index (Phi) is 6.90. The number of nitrogens with zero attached hydrogens (tertiary/aromatic N) is 1. The number of rotatable bonds is 8. The number of hydrogen-bond acceptors (Lipinski definition) is 5. The lowest BCUT2D eigenvalue weighted by molar-refractivity contribution is -0.138. The zero-order valence-electron chi connectivity index (χ0n) is 17.6. The maximum absolute atomic E-state index is 13.2. The van der Waals surface area contributed by atoms with Gasteiger partial charge in [-0.25, -0.2) is 0 Å². The van der Waals surface area contributed by atoms with Gasteiger partial charge in [0, 0.05) is 24.3 Å². The number of morpholine rings is 1. The van der Waals surface area contributed by atoms with E-state index >= 15 is 0 Å². The van der Waals surface area contributed by atoms with E-state index in [9.17, 15) is 9.59 Å². The van der Waals surface area contributed by atoms with Crippen LogP contribution in [-0.4, -0.2) is 48.7 Å². The minimum Gasteiger partial charge on any atom is -0.481 e. The highest BCUT2D eigenvalue weighted by molar-refractivity contribution is 6.03. The third kappa shape index (κ3) is 4.89. The van der Waals surface area contributed by atoms with Crippen LogP contribution in [0.3, 0.4) is 0 Å². The van der Waals surface area contributed by atoms with Gasteiger partial charge < -0.3 is 20.5 Å². The topological polar surface area (TPSA) is 92.9 Å². The van der Waals surface area contributed by atoms with E-state index in [4.69, 9.17) is 15.6 Å². The van der Waals surface area contributed by atoms with Crippen molar-refractivity contribution in [1.29, 1.82) is 0 Å². The smallest absolute Gasteiger partial charge is 0.310 e. The molecule has 1 aliphatic rings. The second kappa shape index (κ2) is 9.41. The van der Waals surface area contributed by atoms with Crippen LogP contribution in [0.2, 0.25) is 0 Å². The molecule has 3 rings (SSSR count). The summed E-state index contributed by atoms with van der Waals surface area (Å²) >= 11 is 0. The number of aliphatic carboxylic acids is 1. The summed E-state index contributed by atoms with van der Waals surface area (Å²) in [4.78, 5) is 26.6. The lowest BCUT2D eigenvalue weighted by atomic mass is 9.82. The molecular formula is C24H30N2O4. The number of nitrogens with two attached hydrogens (primary N) is 1. The highest BCUT2D eigenvalue weighted by atomic mass is 16.5.